The molecule has 8 heteroatoms. The van der Waals surface area contributed by atoms with E-state index in [2.05, 4.69) is 0 Å². The summed E-state index contributed by atoms with van der Waals surface area (Å²) in [6.07, 6.45) is 0.918. The third-order valence-electron chi connectivity index (χ3n) is 4.86. The van der Waals surface area contributed by atoms with Crippen LogP contribution in [-0.4, -0.2) is 28.5 Å². The highest BCUT2D eigenvalue weighted by atomic mass is 19.2. The number of piperidine rings is 1. The van der Waals surface area contributed by atoms with E-state index in [4.69, 9.17) is 4.42 Å². The molecule has 1 aliphatic rings. The zero-order valence-electron chi connectivity index (χ0n) is 14.1. The van der Waals surface area contributed by atoms with Crippen LogP contribution in [0.1, 0.15) is 29.2 Å². The van der Waals surface area contributed by atoms with Crippen molar-refractivity contribution in [2.45, 2.75) is 18.9 Å². The Kier molecular flexibility index (Phi) is 4.25. The highest BCUT2D eigenvalue weighted by Gasteiger charge is 2.27. The van der Waals surface area contributed by atoms with Gasteiger partial charge in [0.25, 0.3) is 5.91 Å². The largest absolute Gasteiger partial charge is 0.420 e. The standard InChI is InChI=1S/C19H15F3N2O3/c20-12-2-4-17-16(10-12)24(19(26)27-17)13-5-7-23(8-6-13)18(25)11-1-3-14(21)15(22)9-11/h1-4,9-10,13H,5-8H2. The smallest absolute Gasteiger partial charge is 0.408 e. The van der Waals surface area contributed by atoms with Crippen LogP contribution in [0.3, 0.4) is 0 Å². The second-order valence-electron chi connectivity index (χ2n) is 6.50. The first-order valence-electron chi connectivity index (χ1n) is 8.49. The topological polar surface area (TPSA) is 55.5 Å². The minimum absolute atomic E-state index is 0.0698. The zero-order valence-corrected chi connectivity index (χ0v) is 14.1. The van der Waals surface area contributed by atoms with Crippen molar-refractivity contribution in [3.8, 4) is 0 Å². The van der Waals surface area contributed by atoms with Gasteiger partial charge in [0.1, 0.15) is 5.82 Å². The lowest BCUT2D eigenvalue weighted by Crippen LogP contribution is -2.40. The van der Waals surface area contributed by atoms with E-state index < -0.39 is 29.1 Å². The van der Waals surface area contributed by atoms with Crippen molar-refractivity contribution in [3.05, 3.63) is 70.0 Å². The molecule has 0 spiro atoms. The van der Waals surface area contributed by atoms with E-state index in [9.17, 15) is 22.8 Å². The van der Waals surface area contributed by atoms with E-state index in [1.165, 1.54) is 33.7 Å². The van der Waals surface area contributed by atoms with Crippen molar-refractivity contribution < 1.29 is 22.4 Å². The van der Waals surface area contributed by atoms with Crippen molar-refractivity contribution >= 4 is 17.0 Å². The second-order valence-corrected chi connectivity index (χ2v) is 6.50. The number of fused-ring (bicyclic) bond motifs is 1. The Balaban J connectivity index is 1.53. The van der Waals surface area contributed by atoms with Crippen LogP contribution >= 0.6 is 0 Å². The Morgan fingerprint density at radius 3 is 2.44 bits per heavy atom. The molecule has 0 atom stereocenters. The fraction of sp³-hybridized carbons (Fsp3) is 0.263. The molecule has 0 unspecified atom stereocenters. The lowest BCUT2D eigenvalue weighted by atomic mass is 10.0. The molecule has 5 nitrogen and oxygen atoms in total. The van der Waals surface area contributed by atoms with Gasteiger partial charge < -0.3 is 9.32 Å². The fourth-order valence-corrected chi connectivity index (χ4v) is 3.49. The maximum absolute atomic E-state index is 13.5. The lowest BCUT2D eigenvalue weighted by molar-refractivity contribution is 0.0693. The molecule has 0 aliphatic carbocycles. The first-order chi connectivity index (χ1) is 12.9. The summed E-state index contributed by atoms with van der Waals surface area (Å²) in [5.41, 5.74) is 0.757. The van der Waals surface area contributed by atoms with E-state index in [0.717, 1.165) is 12.1 Å². The highest BCUT2D eigenvalue weighted by Crippen LogP contribution is 2.27. The molecule has 3 aromatic rings. The Bertz CT molecular complexity index is 1080. The summed E-state index contributed by atoms with van der Waals surface area (Å²) in [7, 11) is 0. The SMILES string of the molecule is O=C(c1ccc(F)c(F)c1)N1CCC(n2c(=O)oc3ccc(F)cc32)CC1. The number of benzene rings is 2. The number of amides is 1. The molecule has 0 radical (unpaired) electrons. The molecule has 1 fully saturated rings. The zero-order chi connectivity index (χ0) is 19.1. The van der Waals surface area contributed by atoms with E-state index in [1.807, 2.05) is 0 Å². The van der Waals surface area contributed by atoms with Crippen LogP contribution in [-0.2, 0) is 0 Å². The summed E-state index contributed by atoms with van der Waals surface area (Å²) >= 11 is 0. The molecular weight excluding hydrogens is 361 g/mol. The van der Waals surface area contributed by atoms with Gasteiger partial charge in [-0.25, -0.2) is 18.0 Å². The van der Waals surface area contributed by atoms with Crippen LogP contribution in [0.2, 0.25) is 0 Å². The summed E-state index contributed by atoms with van der Waals surface area (Å²) in [4.78, 5) is 26.2. The molecule has 0 N–H and O–H groups in total. The summed E-state index contributed by atoms with van der Waals surface area (Å²) in [5.74, 6) is -3.52. The van der Waals surface area contributed by atoms with Crippen molar-refractivity contribution in [2.75, 3.05) is 13.1 Å². The minimum atomic E-state index is -1.07. The number of hydrogen-bond acceptors (Lipinski definition) is 3. The van der Waals surface area contributed by atoms with Gasteiger partial charge in [-0.3, -0.25) is 9.36 Å². The number of likely N-dealkylation sites (tertiary alicyclic amines) is 1. The lowest BCUT2D eigenvalue weighted by Gasteiger charge is -2.32. The van der Waals surface area contributed by atoms with Gasteiger partial charge in [-0.1, -0.05) is 0 Å². The average molecular weight is 376 g/mol. The molecule has 1 amide bonds. The molecule has 2 aromatic carbocycles. The van der Waals surface area contributed by atoms with E-state index >= 15 is 0 Å². The second kappa shape index (κ2) is 6.61. The van der Waals surface area contributed by atoms with Crippen LogP contribution in [0, 0.1) is 17.5 Å². The van der Waals surface area contributed by atoms with Gasteiger partial charge in [-0.15, -0.1) is 0 Å². The number of hydrogen-bond donors (Lipinski definition) is 0. The first kappa shape index (κ1) is 17.4. The molecular formula is C19H15F3N2O3. The van der Waals surface area contributed by atoms with Gasteiger partial charge in [0, 0.05) is 30.8 Å². The number of halogens is 3. The third kappa shape index (κ3) is 3.11. The Labute approximate surface area is 151 Å². The van der Waals surface area contributed by atoms with Crippen LogP contribution in [0.4, 0.5) is 13.2 Å². The van der Waals surface area contributed by atoms with Crippen LogP contribution in [0.25, 0.3) is 11.1 Å². The maximum Gasteiger partial charge on any atom is 0.420 e. The Morgan fingerprint density at radius 1 is 1.00 bits per heavy atom. The summed E-state index contributed by atoms with van der Waals surface area (Å²) in [5, 5.41) is 0. The number of nitrogens with zero attached hydrogens (tertiary/aromatic N) is 2. The highest BCUT2D eigenvalue weighted by molar-refractivity contribution is 5.94. The average Bonchev–Trinajstić information content (AvgIpc) is 2.98. The summed E-state index contributed by atoms with van der Waals surface area (Å²) < 4.78 is 46.5. The van der Waals surface area contributed by atoms with Crippen LogP contribution < -0.4 is 5.76 Å². The number of aromatic nitrogens is 1. The van der Waals surface area contributed by atoms with E-state index in [1.54, 1.807) is 0 Å². The number of carbonyl (C=O) groups excluding carboxylic acids is 1. The molecule has 2 heterocycles. The first-order valence-corrected chi connectivity index (χ1v) is 8.49. The molecule has 1 saturated heterocycles. The predicted octanol–water partition coefficient (Wildman–Crippen LogP) is 3.49. The van der Waals surface area contributed by atoms with Gasteiger partial charge >= 0.3 is 5.76 Å². The molecule has 0 saturated carbocycles. The summed E-state index contributed by atoms with van der Waals surface area (Å²) in [6, 6.07) is 6.67. The van der Waals surface area contributed by atoms with Crippen molar-refractivity contribution in [1.82, 2.24) is 9.47 Å². The monoisotopic (exact) mass is 376 g/mol. The van der Waals surface area contributed by atoms with E-state index in [0.29, 0.717) is 37.0 Å². The molecule has 1 aliphatic heterocycles. The summed E-state index contributed by atoms with van der Waals surface area (Å²) in [6.45, 7) is 0.661. The quantitative estimate of drug-likeness (QED) is 0.688. The van der Waals surface area contributed by atoms with Crippen LogP contribution in [0.5, 0.6) is 0 Å². The Morgan fingerprint density at radius 2 is 1.74 bits per heavy atom. The molecule has 27 heavy (non-hydrogen) atoms. The van der Waals surface area contributed by atoms with Crippen molar-refractivity contribution in [3.63, 3.8) is 0 Å². The fourth-order valence-electron chi connectivity index (χ4n) is 3.49. The predicted molar refractivity (Wildman–Crippen MR) is 91.0 cm³/mol. The van der Waals surface area contributed by atoms with Gasteiger partial charge in [-0.05, 0) is 43.2 Å². The molecule has 0 bridgehead atoms. The number of oxazole rings is 1. The van der Waals surface area contributed by atoms with Gasteiger partial charge in [0.2, 0.25) is 0 Å². The van der Waals surface area contributed by atoms with Crippen molar-refractivity contribution in [1.29, 1.82) is 0 Å². The van der Waals surface area contributed by atoms with Gasteiger partial charge in [0.15, 0.2) is 17.2 Å². The Hall–Kier alpha value is -3.03. The van der Waals surface area contributed by atoms with Gasteiger partial charge in [-0.2, -0.15) is 0 Å². The number of rotatable bonds is 2. The van der Waals surface area contributed by atoms with Gasteiger partial charge in [0.05, 0.1) is 5.52 Å². The number of carbonyl (C=O) groups is 1. The molecule has 140 valence electrons. The molecule has 4 rings (SSSR count). The maximum atomic E-state index is 13.5. The molecule has 1 aromatic heterocycles. The van der Waals surface area contributed by atoms with E-state index in [-0.39, 0.29) is 11.6 Å². The minimum Gasteiger partial charge on any atom is -0.408 e. The van der Waals surface area contributed by atoms with Crippen molar-refractivity contribution in [2.24, 2.45) is 0 Å². The normalized spacial score (nSPS) is 15.4. The van der Waals surface area contributed by atoms with Crippen LogP contribution in [0.15, 0.2) is 45.6 Å². The third-order valence-corrected chi connectivity index (χ3v) is 4.86.